The predicted molar refractivity (Wildman–Crippen MR) is 109 cm³/mol. The van der Waals surface area contributed by atoms with Crippen molar-refractivity contribution in [2.24, 2.45) is 5.73 Å². The molecule has 0 spiro atoms. The molecule has 1 aliphatic rings. The Kier molecular flexibility index (Phi) is 6.75. The van der Waals surface area contributed by atoms with Gasteiger partial charge in [-0.05, 0) is 37.6 Å². The molecule has 27 heavy (non-hydrogen) atoms. The highest BCUT2D eigenvalue weighted by Crippen LogP contribution is 2.37. The van der Waals surface area contributed by atoms with Gasteiger partial charge in [-0.3, -0.25) is 19.3 Å². The van der Waals surface area contributed by atoms with Crippen LogP contribution in [0.15, 0.2) is 24.3 Å². The van der Waals surface area contributed by atoms with Crippen LogP contribution in [0.2, 0.25) is 0 Å². The van der Waals surface area contributed by atoms with E-state index in [0.717, 1.165) is 36.5 Å². The molecule has 3 N–H and O–H groups in total. The van der Waals surface area contributed by atoms with Crippen LogP contribution in [0, 0.1) is 0 Å². The molecule has 3 rings (SSSR count). The molecule has 0 atom stereocenters. The van der Waals surface area contributed by atoms with Gasteiger partial charge in [0.15, 0.2) is 5.78 Å². The molecule has 2 aromatic rings. The van der Waals surface area contributed by atoms with E-state index in [2.05, 4.69) is 17.1 Å². The van der Waals surface area contributed by atoms with Crippen molar-refractivity contribution in [2.75, 3.05) is 18.4 Å². The number of thiophene rings is 1. The van der Waals surface area contributed by atoms with Crippen LogP contribution in [0.25, 0.3) is 0 Å². The lowest BCUT2D eigenvalue weighted by Gasteiger charge is -2.25. The second-order valence-corrected chi connectivity index (χ2v) is 7.38. The first kappa shape index (κ1) is 21.1. The fourth-order valence-corrected chi connectivity index (χ4v) is 4.40. The molecule has 1 aliphatic heterocycles. The van der Waals surface area contributed by atoms with Crippen LogP contribution < -0.4 is 11.1 Å². The number of carbonyl (C=O) groups is 3. The second-order valence-electron chi connectivity index (χ2n) is 6.28. The molecule has 0 aliphatic carbocycles. The Hall–Kier alpha value is -2.22. The Morgan fingerprint density at radius 2 is 1.81 bits per heavy atom. The van der Waals surface area contributed by atoms with Crippen molar-refractivity contribution in [3.63, 3.8) is 0 Å². The number of halogens is 1. The van der Waals surface area contributed by atoms with Gasteiger partial charge in [-0.15, -0.1) is 23.7 Å². The van der Waals surface area contributed by atoms with Crippen molar-refractivity contribution in [1.82, 2.24) is 4.90 Å². The number of nitrogens with zero attached hydrogens (tertiary/aromatic N) is 1. The molecule has 1 aromatic carbocycles. The first-order valence-electron chi connectivity index (χ1n) is 8.49. The predicted octanol–water partition coefficient (Wildman–Crippen LogP) is 3.10. The summed E-state index contributed by atoms with van der Waals surface area (Å²) in [6.07, 6.45) is 0.751. The van der Waals surface area contributed by atoms with Crippen LogP contribution in [-0.2, 0) is 13.0 Å². The van der Waals surface area contributed by atoms with Crippen molar-refractivity contribution in [3.8, 4) is 0 Å². The molecule has 8 heteroatoms. The van der Waals surface area contributed by atoms with E-state index in [1.165, 1.54) is 18.3 Å². The Morgan fingerprint density at radius 3 is 2.37 bits per heavy atom. The fourth-order valence-electron chi connectivity index (χ4n) is 3.11. The normalized spacial score (nSPS) is 13.4. The van der Waals surface area contributed by atoms with Gasteiger partial charge >= 0.3 is 0 Å². The molecule has 2 amide bonds. The maximum Gasteiger partial charge on any atom is 0.256 e. The average molecular weight is 408 g/mol. The van der Waals surface area contributed by atoms with Crippen molar-refractivity contribution in [3.05, 3.63) is 51.4 Å². The zero-order chi connectivity index (χ0) is 18.8. The summed E-state index contributed by atoms with van der Waals surface area (Å²) in [5.74, 6) is -0.900. The molecule has 2 heterocycles. The Labute approximate surface area is 168 Å². The van der Waals surface area contributed by atoms with E-state index in [4.69, 9.17) is 5.73 Å². The number of hydrogen-bond acceptors (Lipinski definition) is 5. The number of hydrogen-bond donors (Lipinski definition) is 2. The van der Waals surface area contributed by atoms with Gasteiger partial charge in [-0.25, -0.2) is 0 Å². The number of fused-ring (bicyclic) bond motifs is 1. The first-order valence-corrected chi connectivity index (χ1v) is 9.31. The summed E-state index contributed by atoms with van der Waals surface area (Å²) in [6.45, 7) is 6.15. The van der Waals surface area contributed by atoms with E-state index >= 15 is 0 Å². The number of amides is 2. The summed E-state index contributed by atoms with van der Waals surface area (Å²) in [6, 6.07) is 6.43. The van der Waals surface area contributed by atoms with Crippen molar-refractivity contribution >= 4 is 46.3 Å². The van der Waals surface area contributed by atoms with Crippen LogP contribution in [0.1, 0.15) is 55.4 Å². The number of carbonyl (C=O) groups excluding carboxylic acids is 3. The van der Waals surface area contributed by atoms with Crippen LogP contribution in [0.4, 0.5) is 5.00 Å². The highest BCUT2D eigenvalue weighted by Gasteiger charge is 2.27. The van der Waals surface area contributed by atoms with E-state index in [-0.39, 0.29) is 24.1 Å². The number of primary amides is 1. The maximum atomic E-state index is 12.6. The summed E-state index contributed by atoms with van der Waals surface area (Å²) >= 11 is 1.41. The molecular weight excluding hydrogens is 386 g/mol. The molecule has 1 aromatic heterocycles. The molecule has 0 saturated carbocycles. The Balaban J connectivity index is 0.00000261. The van der Waals surface area contributed by atoms with Gasteiger partial charge in [-0.1, -0.05) is 19.1 Å². The lowest BCUT2D eigenvalue weighted by Crippen LogP contribution is -2.30. The van der Waals surface area contributed by atoms with Crippen LogP contribution in [0.3, 0.4) is 0 Å². The third kappa shape index (κ3) is 4.37. The van der Waals surface area contributed by atoms with Crippen molar-refractivity contribution < 1.29 is 14.4 Å². The SMILES string of the molecule is CCN1CCc2c(sc(NC(=O)c3ccc(C(C)=O)cc3)c2C(N)=O)C1.Cl. The highest BCUT2D eigenvalue weighted by atomic mass is 35.5. The third-order valence-electron chi connectivity index (χ3n) is 4.61. The first-order chi connectivity index (χ1) is 12.4. The largest absolute Gasteiger partial charge is 0.365 e. The van der Waals surface area contributed by atoms with E-state index in [1.807, 2.05) is 0 Å². The van der Waals surface area contributed by atoms with Gasteiger partial charge in [0.2, 0.25) is 0 Å². The van der Waals surface area contributed by atoms with Gasteiger partial charge < -0.3 is 11.1 Å². The van der Waals surface area contributed by atoms with Gasteiger partial charge in [0, 0.05) is 29.1 Å². The molecule has 0 radical (unpaired) electrons. The lowest BCUT2D eigenvalue weighted by atomic mass is 10.0. The summed E-state index contributed by atoms with van der Waals surface area (Å²) in [5.41, 5.74) is 7.93. The second kappa shape index (κ2) is 8.65. The van der Waals surface area contributed by atoms with Gasteiger partial charge in [-0.2, -0.15) is 0 Å². The van der Waals surface area contributed by atoms with E-state index < -0.39 is 5.91 Å². The quantitative estimate of drug-likeness (QED) is 0.745. The number of nitrogens with two attached hydrogens (primary N) is 1. The minimum absolute atomic E-state index is 0. The van der Waals surface area contributed by atoms with Crippen molar-refractivity contribution in [1.29, 1.82) is 0 Å². The smallest absolute Gasteiger partial charge is 0.256 e. The number of anilines is 1. The summed E-state index contributed by atoms with van der Waals surface area (Å²) < 4.78 is 0. The number of ketones is 1. The van der Waals surface area contributed by atoms with Crippen LogP contribution >= 0.6 is 23.7 Å². The maximum absolute atomic E-state index is 12.6. The summed E-state index contributed by atoms with van der Waals surface area (Å²) in [5, 5.41) is 3.32. The molecule has 0 bridgehead atoms. The number of rotatable bonds is 5. The standard InChI is InChI=1S/C19H21N3O3S.ClH/c1-3-22-9-8-14-15(10-22)26-19(16(14)17(20)24)21-18(25)13-6-4-12(5-7-13)11(2)23;/h4-7H,3,8-10H2,1-2H3,(H2,20,24)(H,21,25);1H. The number of nitrogens with one attached hydrogen (secondary N) is 1. The lowest BCUT2D eigenvalue weighted by molar-refractivity contribution is 0.0995. The Morgan fingerprint density at radius 1 is 1.19 bits per heavy atom. The fraction of sp³-hybridized carbons (Fsp3) is 0.316. The molecule has 6 nitrogen and oxygen atoms in total. The average Bonchev–Trinajstić information content (AvgIpc) is 2.98. The molecule has 144 valence electrons. The minimum Gasteiger partial charge on any atom is -0.365 e. The number of likely N-dealkylation sites (N-methyl/N-ethyl adjacent to an activating group) is 1. The zero-order valence-corrected chi connectivity index (χ0v) is 16.8. The Bertz CT molecular complexity index is 877. The van der Waals surface area contributed by atoms with E-state index in [9.17, 15) is 14.4 Å². The van der Waals surface area contributed by atoms with Crippen LogP contribution in [-0.4, -0.2) is 35.6 Å². The highest BCUT2D eigenvalue weighted by molar-refractivity contribution is 7.17. The minimum atomic E-state index is -0.519. The molecule has 0 unspecified atom stereocenters. The van der Waals surface area contributed by atoms with Gasteiger partial charge in [0.25, 0.3) is 11.8 Å². The monoisotopic (exact) mass is 407 g/mol. The van der Waals surface area contributed by atoms with E-state index in [1.54, 1.807) is 24.3 Å². The van der Waals surface area contributed by atoms with E-state index in [0.29, 0.717) is 21.7 Å². The summed E-state index contributed by atoms with van der Waals surface area (Å²) in [4.78, 5) is 39.2. The molecular formula is C19H22ClN3O3S. The van der Waals surface area contributed by atoms with Gasteiger partial charge in [0.05, 0.1) is 5.56 Å². The van der Waals surface area contributed by atoms with Crippen LogP contribution in [0.5, 0.6) is 0 Å². The van der Waals surface area contributed by atoms with Gasteiger partial charge in [0.1, 0.15) is 5.00 Å². The third-order valence-corrected chi connectivity index (χ3v) is 5.74. The molecule has 0 fully saturated rings. The van der Waals surface area contributed by atoms with Crippen molar-refractivity contribution in [2.45, 2.75) is 26.8 Å². The topological polar surface area (TPSA) is 92.5 Å². The number of benzene rings is 1. The zero-order valence-electron chi connectivity index (χ0n) is 15.2. The molecule has 0 saturated heterocycles. The number of Topliss-reactive ketones (excluding diaryl/α,β-unsaturated/α-hetero) is 1. The summed E-state index contributed by atoms with van der Waals surface area (Å²) in [7, 11) is 0.